The van der Waals surface area contributed by atoms with Crippen LogP contribution < -0.4 is 0 Å². The first-order chi connectivity index (χ1) is 17.9. The SMILES string of the molecule is CCn1c(-c2cnc(C)nc2)nc2c(-c3ccc4c(c3)[C@](C)(Cc3ccccc3)N(C)C4=O)ncnc21. The Morgan fingerprint density at radius 1 is 0.946 bits per heavy atom. The Balaban J connectivity index is 1.50. The van der Waals surface area contributed by atoms with Crippen molar-refractivity contribution in [2.24, 2.45) is 0 Å². The van der Waals surface area contributed by atoms with Crippen LogP contribution in [0.1, 0.15) is 41.2 Å². The molecule has 0 unspecified atom stereocenters. The van der Waals surface area contributed by atoms with Gasteiger partial charge in [-0.05, 0) is 50.5 Å². The standard InChI is InChI=1S/C29H27N7O/c1-5-36-26(21-15-30-18(2)31-16-21)34-25-24(32-17-33-27(25)36)20-11-12-22-23(13-20)29(3,35(4)28(22)37)14-19-9-7-6-8-10-19/h6-13,15-17H,5,14H2,1-4H3/t29-/m0/s1. The van der Waals surface area contributed by atoms with E-state index in [0.29, 0.717) is 24.3 Å². The fourth-order valence-electron chi connectivity index (χ4n) is 5.29. The third kappa shape index (κ3) is 3.59. The molecular weight excluding hydrogens is 462 g/mol. The number of likely N-dealkylation sites (N-methyl/N-ethyl adjacent to an activating group) is 1. The lowest BCUT2D eigenvalue weighted by molar-refractivity contribution is 0.0663. The molecule has 2 aromatic carbocycles. The van der Waals surface area contributed by atoms with Crippen LogP contribution in [0.4, 0.5) is 0 Å². The average Bonchev–Trinajstić information content (AvgIpc) is 3.39. The van der Waals surface area contributed by atoms with Crippen LogP contribution in [0.2, 0.25) is 0 Å². The number of amides is 1. The molecule has 3 aromatic heterocycles. The van der Waals surface area contributed by atoms with Gasteiger partial charge >= 0.3 is 0 Å². The molecule has 0 saturated heterocycles. The maximum Gasteiger partial charge on any atom is 0.254 e. The second-order valence-corrected chi connectivity index (χ2v) is 9.65. The van der Waals surface area contributed by atoms with Crippen LogP contribution in [-0.2, 0) is 18.5 Å². The fourth-order valence-corrected chi connectivity index (χ4v) is 5.29. The number of nitrogens with zero attached hydrogens (tertiary/aromatic N) is 7. The number of imidazole rings is 1. The monoisotopic (exact) mass is 489 g/mol. The third-order valence-corrected chi connectivity index (χ3v) is 7.43. The molecule has 1 aliphatic heterocycles. The first-order valence-electron chi connectivity index (χ1n) is 12.4. The Kier molecular flexibility index (Phi) is 5.33. The van der Waals surface area contributed by atoms with Crippen molar-refractivity contribution in [1.82, 2.24) is 34.4 Å². The highest BCUT2D eigenvalue weighted by Crippen LogP contribution is 2.42. The highest BCUT2D eigenvalue weighted by atomic mass is 16.2. The van der Waals surface area contributed by atoms with Gasteiger partial charge in [0.2, 0.25) is 0 Å². The van der Waals surface area contributed by atoms with Crippen molar-refractivity contribution in [3.05, 3.63) is 89.8 Å². The zero-order valence-corrected chi connectivity index (χ0v) is 21.3. The minimum Gasteiger partial charge on any atom is -0.332 e. The molecule has 8 nitrogen and oxygen atoms in total. The predicted molar refractivity (Wildman–Crippen MR) is 142 cm³/mol. The number of hydrogen-bond acceptors (Lipinski definition) is 6. The molecule has 0 saturated carbocycles. The van der Waals surface area contributed by atoms with E-state index in [-0.39, 0.29) is 5.91 Å². The van der Waals surface area contributed by atoms with Crippen molar-refractivity contribution >= 4 is 17.1 Å². The van der Waals surface area contributed by atoms with Crippen LogP contribution >= 0.6 is 0 Å². The van der Waals surface area contributed by atoms with Gasteiger partial charge in [-0.2, -0.15) is 0 Å². The molecule has 1 atom stereocenters. The quantitative estimate of drug-likeness (QED) is 0.352. The highest BCUT2D eigenvalue weighted by Gasteiger charge is 2.44. The lowest BCUT2D eigenvalue weighted by Gasteiger charge is -2.33. The summed E-state index contributed by atoms with van der Waals surface area (Å²) < 4.78 is 2.05. The summed E-state index contributed by atoms with van der Waals surface area (Å²) in [5, 5.41) is 0. The second kappa shape index (κ2) is 8.58. The molecule has 5 aromatic rings. The normalized spacial score (nSPS) is 17.0. The molecule has 0 spiro atoms. The molecule has 4 heterocycles. The van der Waals surface area contributed by atoms with Crippen LogP contribution in [0, 0.1) is 6.92 Å². The van der Waals surface area contributed by atoms with Gasteiger partial charge in [0.1, 0.15) is 29.2 Å². The van der Waals surface area contributed by atoms with E-state index < -0.39 is 5.54 Å². The predicted octanol–water partition coefficient (Wildman–Crippen LogP) is 4.82. The Morgan fingerprint density at radius 2 is 1.70 bits per heavy atom. The van der Waals surface area contributed by atoms with Gasteiger partial charge < -0.3 is 9.47 Å². The molecule has 0 N–H and O–H groups in total. The minimum atomic E-state index is -0.483. The highest BCUT2D eigenvalue weighted by molar-refractivity contribution is 6.01. The van der Waals surface area contributed by atoms with Crippen LogP contribution in [0.25, 0.3) is 33.8 Å². The van der Waals surface area contributed by atoms with Crippen molar-refractivity contribution in [3.63, 3.8) is 0 Å². The molecule has 6 rings (SSSR count). The van der Waals surface area contributed by atoms with Crippen molar-refractivity contribution in [1.29, 1.82) is 0 Å². The van der Waals surface area contributed by atoms with Crippen LogP contribution in [-0.4, -0.2) is 47.3 Å². The maximum absolute atomic E-state index is 13.2. The number of rotatable bonds is 5. The van der Waals surface area contributed by atoms with Crippen molar-refractivity contribution < 1.29 is 4.79 Å². The number of carbonyl (C=O) groups is 1. The summed E-state index contributed by atoms with van der Waals surface area (Å²) in [7, 11) is 1.88. The van der Waals surface area contributed by atoms with E-state index >= 15 is 0 Å². The molecule has 37 heavy (non-hydrogen) atoms. The Morgan fingerprint density at radius 3 is 2.43 bits per heavy atom. The van der Waals surface area contributed by atoms with Crippen molar-refractivity contribution in [2.45, 2.75) is 39.3 Å². The molecule has 8 heteroatoms. The number of carbonyl (C=O) groups excluding carboxylic acids is 1. The zero-order chi connectivity index (χ0) is 25.7. The van der Waals surface area contributed by atoms with Crippen LogP contribution in [0.3, 0.4) is 0 Å². The van der Waals surface area contributed by atoms with E-state index in [1.165, 1.54) is 5.56 Å². The summed E-state index contributed by atoms with van der Waals surface area (Å²) in [5.74, 6) is 1.49. The zero-order valence-electron chi connectivity index (χ0n) is 21.3. The Hall–Kier alpha value is -4.46. The second-order valence-electron chi connectivity index (χ2n) is 9.65. The molecule has 1 amide bonds. The smallest absolute Gasteiger partial charge is 0.254 e. The summed E-state index contributed by atoms with van der Waals surface area (Å²) in [6, 6.07) is 16.3. The number of fused-ring (bicyclic) bond motifs is 2. The van der Waals surface area contributed by atoms with Crippen LogP contribution in [0.15, 0.2) is 67.3 Å². The first kappa shape index (κ1) is 23.0. The molecule has 0 aliphatic carbocycles. The number of aromatic nitrogens is 6. The molecule has 184 valence electrons. The lowest BCUT2D eigenvalue weighted by atomic mass is 9.84. The van der Waals surface area contributed by atoms with Crippen molar-refractivity contribution in [3.8, 4) is 22.6 Å². The summed E-state index contributed by atoms with van der Waals surface area (Å²) >= 11 is 0. The Bertz CT molecular complexity index is 1640. The number of hydrogen-bond donors (Lipinski definition) is 0. The van der Waals surface area contributed by atoms with E-state index in [1.54, 1.807) is 18.7 Å². The third-order valence-electron chi connectivity index (χ3n) is 7.43. The summed E-state index contributed by atoms with van der Waals surface area (Å²) in [6.07, 6.45) is 5.87. The fraction of sp³-hybridized carbons (Fsp3) is 0.241. The maximum atomic E-state index is 13.2. The van der Waals surface area contributed by atoms with E-state index in [2.05, 4.69) is 56.5 Å². The minimum absolute atomic E-state index is 0.0322. The van der Waals surface area contributed by atoms with Gasteiger partial charge in [0.05, 0.1) is 11.1 Å². The largest absolute Gasteiger partial charge is 0.332 e. The summed E-state index contributed by atoms with van der Waals surface area (Å²) in [6.45, 7) is 6.74. The van der Waals surface area contributed by atoms with E-state index in [0.717, 1.165) is 39.4 Å². The van der Waals surface area contributed by atoms with Gasteiger partial charge in [-0.1, -0.05) is 36.4 Å². The van der Waals surface area contributed by atoms with E-state index in [9.17, 15) is 4.79 Å². The molecular formula is C29H27N7O. The molecule has 0 fully saturated rings. The van der Waals surface area contributed by atoms with E-state index in [1.807, 2.05) is 49.2 Å². The van der Waals surface area contributed by atoms with Crippen molar-refractivity contribution in [2.75, 3.05) is 7.05 Å². The molecule has 0 radical (unpaired) electrons. The van der Waals surface area contributed by atoms with Gasteiger partial charge in [0, 0.05) is 37.1 Å². The van der Waals surface area contributed by atoms with Gasteiger partial charge in [-0.15, -0.1) is 0 Å². The first-order valence-corrected chi connectivity index (χ1v) is 12.4. The summed E-state index contributed by atoms with van der Waals surface area (Å²) in [5.41, 5.74) is 6.35. The average molecular weight is 490 g/mol. The van der Waals surface area contributed by atoms with E-state index in [4.69, 9.17) is 4.98 Å². The number of aryl methyl sites for hydroxylation is 2. The van der Waals surface area contributed by atoms with Gasteiger partial charge in [-0.3, -0.25) is 4.79 Å². The van der Waals surface area contributed by atoms with Gasteiger partial charge in [0.25, 0.3) is 5.91 Å². The topological polar surface area (TPSA) is 89.7 Å². The molecule has 1 aliphatic rings. The van der Waals surface area contributed by atoms with Gasteiger partial charge in [0.15, 0.2) is 5.65 Å². The summed E-state index contributed by atoms with van der Waals surface area (Å²) in [4.78, 5) is 37.9. The van der Waals surface area contributed by atoms with Gasteiger partial charge in [-0.25, -0.2) is 24.9 Å². The number of benzene rings is 2. The van der Waals surface area contributed by atoms with Crippen LogP contribution in [0.5, 0.6) is 0 Å². The Labute approximate surface area is 215 Å². The lowest BCUT2D eigenvalue weighted by Crippen LogP contribution is -2.40. The molecule has 0 bridgehead atoms.